The smallest absolute Gasteiger partial charge is 0.333 e. The van der Waals surface area contributed by atoms with Gasteiger partial charge in [-0.25, -0.2) is 4.79 Å². The molecular weight excluding hydrogens is 240 g/mol. The molecule has 0 amide bonds. The number of ether oxygens (including phenoxy) is 3. The molecule has 1 saturated carbocycles. The molecule has 18 heavy (non-hydrogen) atoms. The number of hydrogen-bond donors (Lipinski definition) is 1. The van der Waals surface area contributed by atoms with E-state index in [2.05, 4.69) is 6.58 Å². The van der Waals surface area contributed by atoms with Crippen LogP contribution in [0.4, 0.5) is 0 Å². The molecule has 3 unspecified atom stereocenters. The first kappa shape index (κ1) is 13.0. The summed E-state index contributed by atoms with van der Waals surface area (Å²) in [6.45, 7) is 4.43. The maximum absolute atomic E-state index is 11.6. The second-order valence-corrected chi connectivity index (χ2v) is 4.66. The van der Waals surface area contributed by atoms with Crippen molar-refractivity contribution in [3.8, 4) is 0 Å². The minimum Gasteiger partial charge on any atom is -0.452 e. The number of fused-ring (bicyclic) bond motifs is 2. The lowest BCUT2D eigenvalue weighted by Crippen LogP contribution is -2.49. The molecule has 0 aromatic rings. The maximum Gasteiger partial charge on any atom is 0.333 e. The van der Waals surface area contributed by atoms with Crippen LogP contribution in [0.5, 0.6) is 0 Å². The van der Waals surface area contributed by atoms with E-state index in [9.17, 15) is 9.59 Å². The van der Waals surface area contributed by atoms with Gasteiger partial charge in [0.25, 0.3) is 5.79 Å². The van der Waals surface area contributed by atoms with Crippen molar-refractivity contribution in [2.75, 3.05) is 6.79 Å². The molecular formula is C12H16O6. The van der Waals surface area contributed by atoms with Crippen LogP contribution < -0.4 is 0 Å². The number of carbonyl (C=O) groups is 2. The Bertz CT molecular complexity index is 390. The van der Waals surface area contributed by atoms with Crippen LogP contribution in [0.15, 0.2) is 12.2 Å². The lowest BCUT2D eigenvalue weighted by atomic mass is 9.85. The van der Waals surface area contributed by atoms with Gasteiger partial charge in [0.2, 0.25) is 0 Å². The maximum atomic E-state index is 11.6. The molecule has 1 aliphatic heterocycles. The third-order valence-electron chi connectivity index (χ3n) is 3.31. The number of carbonyl (C=O) groups excluding carboxylic acids is 2. The molecule has 6 nitrogen and oxygen atoms in total. The third kappa shape index (κ3) is 2.13. The Balaban J connectivity index is 2.16. The summed E-state index contributed by atoms with van der Waals surface area (Å²) >= 11 is 0. The summed E-state index contributed by atoms with van der Waals surface area (Å²) in [5, 5.41) is 8.91. The largest absolute Gasteiger partial charge is 0.452 e. The van der Waals surface area contributed by atoms with E-state index in [1.807, 2.05) is 0 Å². The highest BCUT2D eigenvalue weighted by molar-refractivity contribution is 5.87. The minimum atomic E-state index is -1.33. The van der Waals surface area contributed by atoms with Crippen LogP contribution in [0.25, 0.3) is 0 Å². The standard InChI is InChI=1S/C12H16O6/c1-7(2)10(14)17-9-4-3-8-5-12(9,16-6-13)18-11(8)15/h8-9,13H,1,3-6H2,2H3. The molecule has 2 bridgehead atoms. The predicted molar refractivity (Wildman–Crippen MR) is 59.0 cm³/mol. The quantitative estimate of drug-likeness (QED) is 0.448. The summed E-state index contributed by atoms with van der Waals surface area (Å²) in [7, 11) is 0. The molecule has 2 rings (SSSR count). The molecule has 1 saturated heterocycles. The van der Waals surface area contributed by atoms with Crippen LogP contribution in [0.3, 0.4) is 0 Å². The molecule has 3 atom stereocenters. The Morgan fingerprint density at radius 3 is 2.94 bits per heavy atom. The van der Waals surface area contributed by atoms with Gasteiger partial charge in [-0.05, 0) is 19.8 Å². The fraction of sp³-hybridized carbons (Fsp3) is 0.667. The first-order valence-electron chi connectivity index (χ1n) is 5.82. The van der Waals surface area contributed by atoms with Crippen LogP contribution in [0.1, 0.15) is 26.2 Å². The van der Waals surface area contributed by atoms with Crippen LogP contribution in [-0.2, 0) is 23.8 Å². The number of aliphatic hydroxyl groups is 1. The predicted octanol–water partition coefficient (Wildman–Crippen LogP) is 0.494. The first-order chi connectivity index (χ1) is 8.48. The summed E-state index contributed by atoms with van der Waals surface area (Å²) in [5.74, 6) is -2.49. The molecule has 0 radical (unpaired) electrons. The van der Waals surface area contributed by atoms with E-state index in [1.54, 1.807) is 0 Å². The highest BCUT2D eigenvalue weighted by atomic mass is 16.8. The molecule has 100 valence electrons. The number of aliphatic hydroxyl groups excluding tert-OH is 1. The van der Waals surface area contributed by atoms with Crippen LogP contribution >= 0.6 is 0 Å². The zero-order valence-corrected chi connectivity index (χ0v) is 10.2. The Morgan fingerprint density at radius 2 is 2.33 bits per heavy atom. The van der Waals surface area contributed by atoms with Gasteiger partial charge in [-0.2, -0.15) is 0 Å². The summed E-state index contributed by atoms with van der Waals surface area (Å²) in [6, 6.07) is 0. The Morgan fingerprint density at radius 1 is 1.61 bits per heavy atom. The molecule has 1 heterocycles. The van der Waals surface area contributed by atoms with Gasteiger partial charge in [-0.3, -0.25) is 4.79 Å². The zero-order chi connectivity index (χ0) is 13.3. The first-order valence-corrected chi connectivity index (χ1v) is 5.82. The lowest BCUT2D eigenvalue weighted by molar-refractivity contribution is -0.283. The van der Waals surface area contributed by atoms with Crippen molar-refractivity contribution in [2.24, 2.45) is 5.92 Å². The lowest BCUT2D eigenvalue weighted by Gasteiger charge is -2.36. The van der Waals surface area contributed by atoms with Crippen molar-refractivity contribution in [2.45, 2.75) is 38.1 Å². The van der Waals surface area contributed by atoms with E-state index in [0.29, 0.717) is 19.3 Å². The van der Waals surface area contributed by atoms with E-state index in [4.69, 9.17) is 19.3 Å². The highest BCUT2D eigenvalue weighted by Gasteiger charge is 2.58. The van der Waals surface area contributed by atoms with Gasteiger partial charge in [-0.15, -0.1) is 0 Å². The third-order valence-corrected chi connectivity index (χ3v) is 3.31. The molecule has 0 spiro atoms. The minimum absolute atomic E-state index is 0.240. The van der Waals surface area contributed by atoms with E-state index in [-0.39, 0.29) is 17.5 Å². The Hall–Kier alpha value is -1.40. The highest BCUT2D eigenvalue weighted by Crippen LogP contribution is 2.45. The topological polar surface area (TPSA) is 82.1 Å². The summed E-state index contributed by atoms with van der Waals surface area (Å²) in [6.07, 6.45) is 0.663. The van der Waals surface area contributed by atoms with Crippen molar-refractivity contribution in [1.82, 2.24) is 0 Å². The van der Waals surface area contributed by atoms with Crippen LogP contribution in [-0.4, -0.2) is 35.7 Å². The Kier molecular flexibility index (Phi) is 3.41. The monoisotopic (exact) mass is 256 g/mol. The average Bonchev–Trinajstić information content (AvgIpc) is 2.56. The van der Waals surface area contributed by atoms with Gasteiger partial charge in [0.05, 0.1) is 5.92 Å². The van der Waals surface area contributed by atoms with Gasteiger partial charge < -0.3 is 19.3 Å². The SMILES string of the molecule is C=C(C)C(=O)OC1CCC2CC1(OCO)OC2=O. The van der Waals surface area contributed by atoms with Gasteiger partial charge >= 0.3 is 11.9 Å². The molecule has 0 aromatic carbocycles. The fourth-order valence-corrected chi connectivity index (χ4v) is 2.38. The summed E-state index contributed by atoms with van der Waals surface area (Å²) in [5.41, 5.74) is 0.264. The van der Waals surface area contributed by atoms with Gasteiger partial charge in [0, 0.05) is 12.0 Å². The van der Waals surface area contributed by atoms with E-state index < -0.39 is 24.7 Å². The van der Waals surface area contributed by atoms with E-state index in [1.165, 1.54) is 6.92 Å². The van der Waals surface area contributed by atoms with Crippen molar-refractivity contribution < 1.29 is 28.9 Å². The van der Waals surface area contributed by atoms with Gasteiger partial charge in [-0.1, -0.05) is 6.58 Å². The van der Waals surface area contributed by atoms with Gasteiger partial charge in [0.1, 0.15) is 6.79 Å². The van der Waals surface area contributed by atoms with Gasteiger partial charge in [0.15, 0.2) is 6.10 Å². The van der Waals surface area contributed by atoms with E-state index in [0.717, 1.165) is 0 Å². The van der Waals surface area contributed by atoms with Crippen molar-refractivity contribution in [3.05, 3.63) is 12.2 Å². The number of esters is 2. The number of hydrogen-bond acceptors (Lipinski definition) is 6. The Labute approximate surface area is 105 Å². The van der Waals surface area contributed by atoms with Crippen molar-refractivity contribution >= 4 is 11.9 Å². The molecule has 1 N–H and O–H groups in total. The summed E-state index contributed by atoms with van der Waals surface area (Å²) in [4.78, 5) is 23.1. The molecule has 1 aliphatic carbocycles. The normalized spacial score (nSPS) is 34.0. The number of rotatable bonds is 4. The van der Waals surface area contributed by atoms with Crippen molar-refractivity contribution in [1.29, 1.82) is 0 Å². The second-order valence-electron chi connectivity index (χ2n) is 4.66. The van der Waals surface area contributed by atoms with Crippen LogP contribution in [0, 0.1) is 5.92 Å². The van der Waals surface area contributed by atoms with E-state index >= 15 is 0 Å². The fourth-order valence-electron chi connectivity index (χ4n) is 2.38. The molecule has 2 aliphatic rings. The molecule has 2 fully saturated rings. The van der Waals surface area contributed by atoms with Crippen LogP contribution in [0.2, 0.25) is 0 Å². The zero-order valence-electron chi connectivity index (χ0n) is 10.2. The second kappa shape index (κ2) is 4.70. The van der Waals surface area contributed by atoms with Crippen molar-refractivity contribution in [3.63, 3.8) is 0 Å². The summed E-state index contributed by atoms with van der Waals surface area (Å²) < 4.78 is 15.5. The molecule has 0 aromatic heterocycles. The average molecular weight is 256 g/mol. The molecule has 6 heteroatoms.